The molecule has 1 aliphatic rings. The van der Waals surface area contributed by atoms with Crippen LogP contribution in [0.1, 0.15) is 37.4 Å². The molecule has 0 spiro atoms. The van der Waals surface area contributed by atoms with Gasteiger partial charge in [0.15, 0.2) is 11.5 Å². The molecule has 2 N–H and O–H groups in total. The van der Waals surface area contributed by atoms with Crippen molar-refractivity contribution < 1.29 is 23.8 Å². The normalized spacial score (nSPS) is 15.7. The predicted molar refractivity (Wildman–Crippen MR) is 117 cm³/mol. The summed E-state index contributed by atoms with van der Waals surface area (Å²) >= 11 is 6.02. The summed E-state index contributed by atoms with van der Waals surface area (Å²) in [5.74, 6) is 0.533. The number of carbonyl (C=O) groups excluding carboxylic acids is 2. The van der Waals surface area contributed by atoms with Crippen molar-refractivity contribution in [1.29, 1.82) is 0 Å². The van der Waals surface area contributed by atoms with E-state index in [9.17, 15) is 9.59 Å². The summed E-state index contributed by atoms with van der Waals surface area (Å²) in [7, 11) is 1.53. The third-order valence-corrected chi connectivity index (χ3v) is 4.97. The summed E-state index contributed by atoms with van der Waals surface area (Å²) in [5, 5.41) is 6.05. The zero-order valence-corrected chi connectivity index (χ0v) is 18.4. The third-order valence-electron chi connectivity index (χ3n) is 4.73. The number of nitrogens with one attached hydrogen (secondary N) is 2. The lowest BCUT2D eigenvalue weighted by Crippen LogP contribution is -2.45. The first-order valence-corrected chi connectivity index (χ1v) is 10.3. The number of carbonyl (C=O) groups is 2. The van der Waals surface area contributed by atoms with E-state index in [0.29, 0.717) is 53.0 Å². The molecule has 3 rings (SSSR count). The molecular formula is C23H25ClN2O5. The minimum absolute atomic E-state index is 0.301. The van der Waals surface area contributed by atoms with Crippen LogP contribution in [0, 0.1) is 0 Å². The van der Waals surface area contributed by atoms with Gasteiger partial charge in [-0.3, -0.25) is 0 Å². The average Bonchev–Trinajstić information content (AvgIpc) is 2.75. The van der Waals surface area contributed by atoms with Gasteiger partial charge in [0, 0.05) is 10.7 Å². The smallest absolute Gasteiger partial charge is 0.338 e. The molecule has 7 nitrogen and oxygen atoms in total. The first-order chi connectivity index (χ1) is 14.9. The highest BCUT2D eigenvalue weighted by atomic mass is 35.5. The molecule has 1 unspecified atom stereocenters. The summed E-state index contributed by atoms with van der Waals surface area (Å²) in [6.07, 6.45) is 0.703. The molecule has 2 aromatic carbocycles. The average molecular weight is 445 g/mol. The van der Waals surface area contributed by atoms with Crippen molar-refractivity contribution in [2.75, 3.05) is 13.7 Å². The third kappa shape index (κ3) is 5.49. The van der Waals surface area contributed by atoms with Gasteiger partial charge in [0.25, 0.3) is 0 Å². The van der Waals surface area contributed by atoms with Crippen molar-refractivity contribution in [2.24, 2.45) is 0 Å². The zero-order chi connectivity index (χ0) is 22.4. The van der Waals surface area contributed by atoms with Gasteiger partial charge in [-0.1, -0.05) is 36.7 Å². The van der Waals surface area contributed by atoms with E-state index in [0.717, 1.165) is 5.56 Å². The molecule has 2 aromatic rings. The molecule has 1 aliphatic heterocycles. The fourth-order valence-corrected chi connectivity index (χ4v) is 3.47. The monoisotopic (exact) mass is 444 g/mol. The maximum atomic E-state index is 12.6. The van der Waals surface area contributed by atoms with E-state index in [1.54, 1.807) is 31.2 Å². The molecule has 0 saturated heterocycles. The van der Waals surface area contributed by atoms with Gasteiger partial charge in [0.05, 0.1) is 25.3 Å². The van der Waals surface area contributed by atoms with E-state index >= 15 is 0 Å². The predicted octanol–water partition coefficient (Wildman–Crippen LogP) is 4.51. The van der Waals surface area contributed by atoms with Crippen LogP contribution in [-0.4, -0.2) is 25.7 Å². The molecule has 0 saturated carbocycles. The molecule has 1 atom stereocenters. The fourth-order valence-electron chi connectivity index (χ4n) is 3.26. The lowest BCUT2D eigenvalue weighted by atomic mass is 9.95. The van der Waals surface area contributed by atoms with Crippen molar-refractivity contribution in [2.45, 2.75) is 32.9 Å². The van der Waals surface area contributed by atoms with Crippen LogP contribution in [0.15, 0.2) is 53.7 Å². The molecule has 0 radical (unpaired) electrons. The van der Waals surface area contributed by atoms with Gasteiger partial charge in [-0.25, -0.2) is 9.59 Å². The zero-order valence-electron chi connectivity index (χ0n) is 17.7. The van der Waals surface area contributed by atoms with Crippen LogP contribution in [0.4, 0.5) is 4.79 Å². The highest BCUT2D eigenvalue weighted by Gasteiger charge is 2.32. The quantitative estimate of drug-likeness (QED) is 0.585. The molecule has 0 fully saturated rings. The van der Waals surface area contributed by atoms with Crippen LogP contribution in [0.3, 0.4) is 0 Å². The van der Waals surface area contributed by atoms with Gasteiger partial charge in [-0.15, -0.1) is 0 Å². The van der Waals surface area contributed by atoms with Crippen LogP contribution >= 0.6 is 11.6 Å². The van der Waals surface area contributed by atoms with Crippen molar-refractivity contribution >= 4 is 23.6 Å². The topological polar surface area (TPSA) is 85.9 Å². The molecule has 0 bridgehead atoms. The Bertz CT molecular complexity index is 1010. The lowest BCUT2D eigenvalue weighted by molar-refractivity contribution is -0.139. The van der Waals surface area contributed by atoms with E-state index in [-0.39, 0.29) is 0 Å². The molecule has 0 aliphatic carbocycles. The van der Waals surface area contributed by atoms with E-state index in [4.69, 9.17) is 25.8 Å². The molecule has 8 heteroatoms. The van der Waals surface area contributed by atoms with Crippen molar-refractivity contribution in [3.05, 3.63) is 69.9 Å². The Kier molecular flexibility index (Phi) is 7.41. The van der Waals surface area contributed by atoms with E-state index in [1.807, 2.05) is 25.1 Å². The highest BCUT2D eigenvalue weighted by molar-refractivity contribution is 6.30. The Morgan fingerprint density at radius 2 is 1.97 bits per heavy atom. The van der Waals surface area contributed by atoms with E-state index < -0.39 is 18.0 Å². The van der Waals surface area contributed by atoms with Crippen molar-refractivity contribution in [1.82, 2.24) is 10.6 Å². The number of amides is 2. The molecule has 2 amide bonds. The largest absolute Gasteiger partial charge is 0.493 e. The number of rotatable bonds is 8. The van der Waals surface area contributed by atoms with Crippen LogP contribution < -0.4 is 20.1 Å². The number of ether oxygens (including phenoxy) is 3. The Morgan fingerprint density at radius 1 is 1.16 bits per heavy atom. The van der Waals surface area contributed by atoms with Gasteiger partial charge < -0.3 is 24.8 Å². The van der Waals surface area contributed by atoms with Gasteiger partial charge in [-0.05, 0) is 48.7 Å². The minimum atomic E-state index is -0.672. The summed E-state index contributed by atoms with van der Waals surface area (Å²) in [6, 6.07) is 11.6. The van der Waals surface area contributed by atoms with Gasteiger partial charge in [-0.2, -0.15) is 0 Å². The van der Waals surface area contributed by atoms with Gasteiger partial charge in [0.1, 0.15) is 6.61 Å². The van der Waals surface area contributed by atoms with Gasteiger partial charge in [0.2, 0.25) is 0 Å². The fraction of sp³-hybridized carbons (Fsp3) is 0.304. The molecule has 1 heterocycles. The summed E-state index contributed by atoms with van der Waals surface area (Å²) in [4.78, 5) is 24.7. The standard InChI is InChI=1S/C23H25ClN2O5/c1-4-10-30-22(27)20-14(2)25-23(28)26-21(20)16-8-9-18(19(12-16)29-3)31-13-15-6-5-7-17(24)11-15/h5-9,11-12,21H,4,10,13H2,1-3H3,(H2,25,26,28). The van der Waals surface area contributed by atoms with E-state index in [2.05, 4.69) is 10.6 Å². The number of allylic oxidation sites excluding steroid dienone is 1. The second-order valence-corrected chi connectivity index (χ2v) is 7.47. The van der Waals surface area contributed by atoms with Crippen molar-refractivity contribution in [3.8, 4) is 11.5 Å². The number of hydrogen-bond acceptors (Lipinski definition) is 5. The Hall–Kier alpha value is -3.19. The maximum absolute atomic E-state index is 12.6. The van der Waals surface area contributed by atoms with Crippen LogP contribution in [0.5, 0.6) is 11.5 Å². The Balaban J connectivity index is 1.86. The molecule has 31 heavy (non-hydrogen) atoms. The number of esters is 1. The number of methoxy groups -OCH3 is 1. The minimum Gasteiger partial charge on any atom is -0.493 e. The summed E-state index contributed by atoms with van der Waals surface area (Å²) < 4.78 is 16.7. The van der Waals surface area contributed by atoms with Crippen molar-refractivity contribution in [3.63, 3.8) is 0 Å². The lowest BCUT2D eigenvalue weighted by Gasteiger charge is -2.28. The van der Waals surface area contributed by atoms with Crippen LogP contribution in [-0.2, 0) is 16.1 Å². The van der Waals surface area contributed by atoms with Crippen LogP contribution in [0.2, 0.25) is 5.02 Å². The number of halogens is 1. The highest BCUT2D eigenvalue weighted by Crippen LogP contribution is 2.35. The second-order valence-electron chi connectivity index (χ2n) is 7.03. The second kappa shape index (κ2) is 10.2. The molecule has 0 aromatic heterocycles. The number of benzene rings is 2. The van der Waals surface area contributed by atoms with Crippen LogP contribution in [0.25, 0.3) is 0 Å². The maximum Gasteiger partial charge on any atom is 0.338 e. The SMILES string of the molecule is CCCOC(=O)C1=C(C)NC(=O)NC1c1ccc(OCc2cccc(Cl)c2)c(OC)c1. The summed E-state index contributed by atoms with van der Waals surface area (Å²) in [5.41, 5.74) is 2.39. The first-order valence-electron chi connectivity index (χ1n) is 9.93. The summed E-state index contributed by atoms with van der Waals surface area (Å²) in [6.45, 7) is 4.21. The van der Waals surface area contributed by atoms with E-state index in [1.165, 1.54) is 7.11 Å². The molecule has 164 valence electrons. The first kappa shape index (κ1) is 22.5. The number of urea groups is 1. The molecular weight excluding hydrogens is 420 g/mol. The Labute approximate surface area is 186 Å². The number of hydrogen-bond donors (Lipinski definition) is 2. The van der Waals surface area contributed by atoms with Gasteiger partial charge >= 0.3 is 12.0 Å². The Morgan fingerprint density at radius 3 is 2.68 bits per heavy atom.